The van der Waals surface area contributed by atoms with Crippen LogP contribution in [0.15, 0.2) is 35.7 Å². The molecule has 2 heterocycles. The molecule has 2 nitrogen and oxygen atoms in total. The maximum atomic E-state index is 13.8. The highest BCUT2D eigenvalue weighted by Gasteiger charge is 2.20. The van der Waals surface area contributed by atoms with Crippen LogP contribution in [0.3, 0.4) is 0 Å². The van der Waals surface area contributed by atoms with E-state index in [4.69, 9.17) is 5.84 Å². The highest BCUT2D eigenvalue weighted by molar-refractivity contribution is 7.27. The maximum Gasteiger partial charge on any atom is 0.128 e. The molecule has 0 aliphatic heterocycles. The summed E-state index contributed by atoms with van der Waals surface area (Å²) in [4.78, 5) is 0.869. The van der Waals surface area contributed by atoms with E-state index < -0.39 is 17.7 Å². The lowest BCUT2D eigenvalue weighted by molar-refractivity contribution is 0.549. The van der Waals surface area contributed by atoms with E-state index in [9.17, 15) is 8.78 Å². The van der Waals surface area contributed by atoms with E-state index in [1.165, 1.54) is 17.4 Å². The standard InChI is InChI=1S/C13H10F2N2S2/c14-7-1-2-9(15)8(5-7)13(17-16)12-6-11-10(19-12)3-4-18-11/h1-6,13,17H,16H2. The summed E-state index contributed by atoms with van der Waals surface area (Å²) in [5, 5.41) is 2.00. The molecular weight excluding hydrogens is 286 g/mol. The van der Waals surface area contributed by atoms with Crippen molar-refractivity contribution in [3.63, 3.8) is 0 Å². The molecule has 19 heavy (non-hydrogen) atoms. The first-order chi connectivity index (χ1) is 9.19. The maximum absolute atomic E-state index is 13.8. The van der Waals surface area contributed by atoms with Crippen molar-refractivity contribution < 1.29 is 8.78 Å². The van der Waals surface area contributed by atoms with Crippen molar-refractivity contribution in [2.45, 2.75) is 6.04 Å². The van der Waals surface area contributed by atoms with Crippen molar-refractivity contribution in [2.75, 3.05) is 0 Å². The normalized spacial score (nSPS) is 13.0. The number of hydrogen-bond donors (Lipinski definition) is 2. The Morgan fingerprint density at radius 1 is 1.11 bits per heavy atom. The lowest BCUT2D eigenvalue weighted by atomic mass is 10.1. The zero-order valence-electron chi connectivity index (χ0n) is 9.69. The molecule has 6 heteroatoms. The third kappa shape index (κ3) is 2.28. The number of benzene rings is 1. The lowest BCUT2D eigenvalue weighted by Gasteiger charge is -2.15. The molecule has 3 rings (SSSR count). The van der Waals surface area contributed by atoms with Crippen molar-refractivity contribution >= 4 is 32.1 Å². The molecule has 98 valence electrons. The second-order valence-corrected chi connectivity index (χ2v) is 6.13. The summed E-state index contributed by atoms with van der Waals surface area (Å²) in [5.41, 5.74) is 2.78. The van der Waals surface area contributed by atoms with Gasteiger partial charge < -0.3 is 0 Å². The molecule has 0 saturated carbocycles. The fourth-order valence-electron chi connectivity index (χ4n) is 1.99. The number of hydrazine groups is 1. The van der Waals surface area contributed by atoms with Gasteiger partial charge in [-0.25, -0.2) is 14.2 Å². The summed E-state index contributed by atoms with van der Waals surface area (Å²) in [7, 11) is 0. The van der Waals surface area contributed by atoms with Crippen molar-refractivity contribution in [3.05, 3.63) is 57.8 Å². The molecule has 3 N–H and O–H groups in total. The van der Waals surface area contributed by atoms with E-state index in [0.717, 1.165) is 26.4 Å². The largest absolute Gasteiger partial charge is 0.271 e. The SMILES string of the molecule is NNC(c1cc2sccc2s1)c1cc(F)ccc1F. The first-order valence-electron chi connectivity index (χ1n) is 5.57. The summed E-state index contributed by atoms with van der Waals surface area (Å²) in [6.07, 6.45) is 0. The molecule has 2 aromatic heterocycles. The van der Waals surface area contributed by atoms with E-state index in [0.29, 0.717) is 0 Å². The predicted octanol–water partition coefficient (Wildman–Crippen LogP) is 3.79. The Balaban J connectivity index is 2.09. The number of halogens is 2. The number of thiophene rings is 2. The fraction of sp³-hybridized carbons (Fsp3) is 0.0769. The summed E-state index contributed by atoms with van der Waals surface area (Å²) >= 11 is 3.14. The molecule has 0 amide bonds. The topological polar surface area (TPSA) is 38.0 Å². The van der Waals surface area contributed by atoms with Crippen molar-refractivity contribution in [2.24, 2.45) is 5.84 Å². The molecular formula is C13H10F2N2S2. The van der Waals surface area contributed by atoms with Crippen LogP contribution in [0.1, 0.15) is 16.5 Å². The zero-order chi connectivity index (χ0) is 13.4. The molecule has 0 aliphatic carbocycles. The second kappa shape index (κ2) is 4.97. The van der Waals surface area contributed by atoms with Crippen LogP contribution < -0.4 is 11.3 Å². The van der Waals surface area contributed by atoms with Crippen LogP contribution in [0, 0.1) is 11.6 Å². The minimum atomic E-state index is -0.541. The number of rotatable bonds is 3. The first kappa shape index (κ1) is 12.7. The predicted molar refractivity (Wildman–Crippen MR) is 75.2 cm³/mol. The zero-order valence-corrected chi connectivity index (χ0v) is 11.3. The second-order valence-electron chi connectivity index (χ2n) is 4.06. The van der Waals surface area contributed by atoms with E-state index in [-0.39, 0.29) is 5.56 Å². The monoisotopic (exact) mass is 296 g/mol. The van der Waals surface area contributed by atoms with Gasteiger partial charge in [0.05, 0.1) is 6.04 Å². The quantitative estimate of drug-likeness (QED) is 0.570. The van der Waals surface area contributed by atoms with E-state index >= 15 is 0 Å². The summed E-state index contributed by atoms with van der Waals surface area (Å²) in [5.74, 6) is 4.57. The minimum absolute atomic E-state index is 0.219. The van der Waals surface area contributed by atoms with Crippen LogP contribution in [0.25, 0.3) is 9.40 Å². The average molecular weight is 296 g/mol. The van der Waals surface area contributed by atoms with Crippen molar-refractivity contribution in [1.82, 2.24) is 5.43 Å². The molecule has 0 bridgehead atoms. The number of fused-ring (bicyclic) bond motifs is 1. The van der Waals surface area contributed by atoms with Crippen LogP contribution in [-0.4, -0.2) is 0 Å². The van der Waals surface area contributed by atoms with Crippen molar-refractivity contribution in [3.8, 4) is 0 Å². The van der Waals surface area contributed by atoms with Crippen LogP contribution >= 0.6 is 22.7 Å². The first-order valence-corrected chi connectivity index (χ1v) is 7.26. The van der Waals surface area contributed by atoms with Gasteiger partial charge in [0.2, 0.25) is 0 Å². The Morgan fingerprint density at radius 3 is 2.68 bits per heavy atom. The molecule has 1 atom stereocenters. The van der Waals surface area contributed by atoms with E-state index in [1.807, 2.05) is 17.5 Å². The van der Waals surface area contributed by atoms with Crippen LogP contribution in [0.4, 0.5) is 8.78 Å². The van der Waals surface area contributed by atoms with Crippen LogP contribution in [0.5, 0.6) is 0 Å². The Labute approximate surface area is 116 Å². The average Bonchev–Trinajstić information content (AvgIpc) is 2.95. The molecule has 1 unspecified atom stereocenters. The molecule has 0 fully saturated rings. The smallest absolute Gasteiger partial charge is 0.128 e. The van der Waals surface area contributed by atoms with Gasteiger partial charge in [0.25, 0.3) is 0 Å². The molecule has 0 aliphatic rings. The fourth-order valence-corrected chi connectivity index (χ4v) is 4.19. The lowest BCUT2D eigenvalue weighted by Crippen LogP contribution is -2.29. The van der Waals surface area contributed by atoms with Crippen LogP contribution in [-0.2, 0) is 0 Å². The number of hydrogen-bond acceptors (Lipinski definition) is 4. The Bertz CT molecular complexity index is 692. The summed E-state index contributed by atoms with van der Waals surface area (Å²) in [6, 6.07) is 6.81. The van der Waals surface area contributed by atoms with Gasteiger partial charge in [0.1, 0.15) is 11.6 Å². The Morgan fingerprint density at radius 2 is 1.95 bits per heavy atom. The Kier molecular flexibility index (Phi) is 3.32. The highest BCUT2D eigenvalue weighted by atomic mass is 32.1. The van der Waals surface area contributed by atoms with Gasteiger partial charge in [0.15, 0.2) is 0 Å². The third-order valence-corrected chi connectivity index (χ3v) is 5.04. The highest BCUT2D eigenvalue weighted by Crippen LogP contribution is 2.36. The van der Waals surface area contributed by atoms with Gasteiger partial charge in [-0.1, -0.05) is 0 Å². The molecule has 1 aromatic carbocycles. The third-order valence-electron chi connectivity index (χ3n) is 2.88. The molecule has 0 radical (unpaired) electrons. The van der Waals surface area contributed by atoms with Gasteiger partial charge in [-0.05, 0) is 35.7 Å². The molecule has 0 spiro atoms. The molecule has 3 aromatic rings. The number of nitrogens with two attached hydrogens (primary N) is 1. The van der Waals surface area contributed by atoms with Gasteiger partial charge in [-0.2, -0.15) is 0 Å². The summed E-state index contributed by atoms with van der Waals surface area (Å²) in [6.45, 7) is 0. The van der Waals surface area contributed by atoms with Crippen molar-refractivity contribution in [1.29, 1.82) is 0 Å². The Hall–Kier alpha value is -1.34. The van der Waals surface area contributed by atoms with E-state index in [1.54, 1.807) is 11.3 Å². The van der Waals surface area contributed by atoms with Gasteiger partial charge in [-0.3, -0.25) is 5.84 Å². The van der Waals surface area contributed by atoms with Gasteiger partial charge in [0, 0.05) is 19.8 Å². The number of nitrogens with one attached hydrogen (secondary N) is 1. The minimum Gasteiger partial charge on any atom is -0.271 e. The molecule has 0 saturated heterocycles. The van der Waals surface area contributed by atoms with Gasteiger partial charge >= 0.3 is 0 Å². The summed E-state index contributed by atoms with van der Waals surface area (Å²) < 4.78 is 29.3. The van der Waals surface area contributed by atoms with Crippen LogP contribution in [0.2, 0.25) is 0 Å². The van der Waals surface area contributed by atoms with Gasteiger partial charge in [-0.15, -0.1) is 22.7 Å². The van der Waals surface area contributed by atoms with E-state index in [2.05, 4.69) is 5.43 Å².